The van der Waals surface area contributed by atoms with Crippen molar-refractivity contribution in [2.45, 2.75) is 51.6 Å². The van der Waals surface area contributed by atoms with E-state index in [1.165, 1.54) is 19.1 Å². The summed E-state index contributed by atoms with van der Waals surface area (Å²) in [5, 5.41) is 20.1. The van der Waals surface area contributed by atoms with E-state index in [0.717, 1.165) is 64.5 Å². The number of aromatic nitrogens is 2. The standard InChI is InChI=1S/C28H38FN5O4/c1-4-6-21-17-33(25-14-23-24(15-26(25)36)31-28(38)27(37)30-23)11-12-34(21)20-7-9-32(10-8-20)16-19(5-2)22(29)13-18(3)35/h5,13-15,20-21,35-36H,2,4,6-12,16-17H2,1,3H3,(H,30,37)(H,31,38)/b18-13+,22-19-. The van der Waals surface area contributed by atoms with Crippen LogP contribution in [-0.2, 0) is 0 Å². The minimum absolute atomic E-state index is 0.0677. The van der Waals surface area contributed by atoms with Crippen LogP contribution in [0.3, 0.4) is 0 Å². The average Bonchev–Trinajstić information content (AvgIpc) is 2.88. The number of aliphatic hydroxyl groups is 1. The number of rotatable bonds is 8. The van der Waals surface area contributed by atoms with Gasteiger partial charge in [0.1, 0.15) is 11.6 Å². The number of H-pyrrole nitrogens is 2. The van der Waals surface area contributed by atoms with Crippen LogP contribution in [0.5, 0.6) is 5.75 Å². The van der Waals surface area contributed by atoms with Gasteiger partial charge in [0, 0.05) is 56.0 Å². The maximum atomic E-state index is 14.4. The number of hydrogen-bond acceptors (Lipinski definition) is 7. The maximum Gasteiger partial charge on any atom is 0.314 e. The number of piperazine rings is 1. The molecule has 3 heterocycles. The predicted octanol–water partition coefficient (Wildman–Crippen LogP) is 3.55. The topological polar surface area (TPSA) is 116 Å². The summed E-state index contributed by atoms with van der Waals surface area (Å²) in [7, 11) is 0. The number of hydrogen-bond donors (Lipinski definition) is 4. The van der Waals surface area contributed by atoms with Crippen LogP contribution in [0.25, 0.3) is 11.0 Å². The highest BCUT2D eigenvalue weighted by molar-refractivity contribution is 5.82. The second kappa shape index (κ2) is 12.0. The zero-order valence-corrected chi connectivity index (χ0v) is 22.2. The SMILES string of the molecule is C=C/C(CN1CCC(N2CCN(c3cc4[nH]c(=O)c(=O)[nH]c4cc3O)CC2CCC)CC1)=C(F)\C=C(/C)O. The first-order valence-corrected chi connectivity index (χ1v) is 13.3. The fraction of sp³-hybridized carbons (Fsp3) is 0.500. The van der Waals surface area contributed by atoms with Crippen LogP contribution < -0.4 is 16.0 Å². The number of aromatic hydroxyl groups is 1. The van der Waals surface area contributed by atoms with Gasteiger partial charge >= 0.3 is 11.1 Å². The normalized spacial score (nSPS) is 21.1. The van der Waals surface area contributed by atoms with Crippen molar-refractivity contribution in [1.29, 1.82) is 0 Å². The number of nitrogens with one attached hydrogen (secondary N) is 2. The molecule has 2 fully saturated rings. The predicted molar refractivity (Wildman–Crippen MR) is 149 cm³/mol. The zero-order chi connectivity index (χ0) is 27.4. The fourth-order valence-electron chi connectivity index (χ4n) is 5.72. The molecular formula is C28H38FN5O4. The number of aromatic amines is 2. The molecule has 9 nitrogen and oxygen atoms in total. The molecule has 2 aromatic rings. The Bertz CT molecular complexity index is 1330. The Kier molecular flexibility index (Phi) is 8.73. The summed E-state index contributed by atoms with van der Waals surface area (Å²) in [6.07, 6.45) is 6.68. The number of piperidine rings is 1. The number of allylic oxidation sites excluding steroid dienone is 3. The molecule has 4 rings (SSSR count). The monoisotopic (exact) mass is 527 g/mol. The second-order valence-electron chi connectivity index (χ2n) is 10.3. The molecule has 206 valence electrons. The molecule has 0 amide bonds. The van der Waals surface area contributed by atoms with Crippen molar-refractivity contribution < 1.29 is 14.6 Å². The molecule has 1 atom stereocenters. The van der Waals surface area contributed by atoms with Gasteiger partial charge in [-0.3, -0.25) is 19.4 Å². The minimum atomic E-state index is -0.744. The van der Waals surface area contributed by atoms with Crippen LogP contribution in [-0.4, -0.2) is 81.3 Å². The highest BCUT2D eigenvalue weighted by Crippen LogP contribution is 2.34. The minimum Gasteiger partial charge on any atom is -0.513 e. The van der Waals surface area contributed by atoms with Crippen LogP contribution in [0.15, 0.2) is 57.6 Å². The molecule has 2 saturated heterocycles. The summed E-state index contributed by atoms with van der Waals surface area (Å²) >= 11 is 0. The summed E-state index contributed by atoms with van der Waals surface area (Å²) in [5.74, 6) is -0.447. The third-order valence-electron chi connectivity index (χ3n) is 7.62. The largest absolute Gasteiger partial charge is 0.513 e. The van der Waals surface area contributed by atoms with E-state index >= 15 is 0 Å². The molecular weight excluding hydrogens is 489 g/mol. The Morgan fingerprint density at radius 1 is 1.13 bits per heavy atom. The van der Waals surface area contributed by atoms with E-state index in [-0.39, 0.29) is 11.5 Å². The molecule has 0 spiro atoms. The molecule has 2 aliphatic heterocycles. The average molecular weight is 528 g/mol. The molecule has 0 radical (unpaired) electrons. The molecule has 2 aliphatic rings. The van der Waals surface area contributed by atoms with Crippen LogP contribution in [0, 0.1) is 0 Å². The van der Waals surface area contributed by atoms with Gasteiger partial charge in [0.2, 0.25) is 0 Å². The van der Waals surface area contributed by atoms with Crippen molar-refractivity contribution in [3.8, 4) is 5.75 Å². The number of nitrogens with zero attached hydrogens (tertiary/aromatic N) is 3. The van der Waals surface area contributed by atoms with Crippen molar-refractivity contribution in [2.75, 3.05) is 44.2 Å². The first-order valence-electron chi connectivity index (χ1n) is 13.3. The van der Waals surface area contributed by atoms with Crippen LogP contribution >= 0.6 is 0 Å². The van der Waals surface area contributed by atoms with Crippen molar-refractivity contribution in [1.82, 2.24) is 19.8 Å². The summed E-state index contributed by atoms with van der Waals surface area (Å²) < 4.78 is 14.4. The zero-order valence-electron chi connectivity index (χ0n) is 22.2. The van der Waals surface area contributed by atoms with E-state index in [4.69, 9.17) is 0 Å². The third-order valence-corrected chi connectivity index (χ3v) is 7.62. The molecule has 0 aliphatic carbocycles. The lowest BCUT2D eigenvalue weighted by molar-refractivity contribution is 0.0637. The number of benzene rings is 1. The van der Waals surface area contributed by atoms with E-state index < -0.39 is 16.9 Å². The molecule has 1 aromatic heterocycles. The Morgan fingerprint density at radius 2 is 1.79 bits per heavy atom. The van der Waals surface area contributed by atoms with Gasteiger partial charge in [-0.2, -0.15) is 0 Å². The highest BCUT2D eigenvalue weighted by Gasteiger charge is 2.34. The lowest BCUT2D eigenvalue weighted by Gasteiger charge is -2.48. The van der Waals surface area contributed by atoms with Crippen LogP contribution in [0.2, 0.25) is 0 Å². The van der Waals surface area contributed by atoms with Gasteiger partial charge in [-0.25, -0.2) is 4.39 Å². The van der Waals surface area contributed by atoms with Crippen LogP contribution in [0.1, 0.15) is 39.5 Å². The van der Waals surface area contributed by atoms with Crippen molar-refractivity contribution in [3.63, 3.8) is 0 Å². The van der Waals surface area contributed by atoms with E-state index in [1.807, 2.05) is 0 Å². The highest BCUT2D eigenvalue weighted by atomic mass is 19.1. The molecule has 38 heavy (non-hydrogen) atoms. The Hall–Kier alpha value is -3.37. The molecule has 1 aromatic carbocycles. The number of phenolic OH excluding ortho intramolecular Hbond substituents is 1. The number of aliphatic hydroxyl groups excluding tert-OH is 1. The second-order valence-corrected chi connectivity index (χ2v) is 10.3. The first-order chi connectivity index (χ1) is 18.2. The van der Waals surface area contributed by atoms with Gasteiger partial charge < -0.3 is 25.1 Å². The molecule has 0 bridgehead atoms. The smallest absolute Gasteiger partial charge is 0.314 e. The Balaban J connectivity index is 1.44. The quantitative estimate of drug-likeness (QED) is 0.236. The third kappa shape index (κ3) is 6.19. The van der Waals surface area contributed by atoms with Gasteiger partial charge in [0.25, 0.3) is 0 Å². The van der Waals surface area contributed by atoms with Crippen LogP contribution in [0.4, 0.5) is 10.1 Å². The van der Waals surface area contributed by atoms with Crippen molar-refractivity contribution in [2.24, 2.45) is 0 Å². The first kappa shape index (κ1) is 27.7. The van der Waals surface area contributed by atoms with E-state index in [1.54, 1.807) is 6.07 Å². The van der Waals surface area contributed by atoms with E-state index in [9.17, 15) is 24.2 Å². The van der Waals surface area contributed by atoms with E-state index in [0.29, 0.717) is 40.9 Å². The molecule has 1 unspecified atom stereocenters. The maximum absolute atomic E-state index is 14.4. The lowest BCUT2D eigenvalue weighted by Crippen LogP contribution is -2.58. The van der Waals surface area contributed by atoms with Crippen molar-refractivity contribution in [3.05, 3.63) is 68.7 Å². The fourth-order valence-corrected chi connectivity index (χ4v) is 5.72. The molecule has 0 saturated carbocycles. The summed E-state index contributed by atoms with van der Waals surface area (Å²) in [4.78, 5) is 35.6. The number of phenols is 1. The lowest BCUT2D eigenvalue weighted by atomic mass is 9.96. The number of anilines is 1. The van der Waals surface area contributed by atoms with Gasteiger partial charge in [0.15, 0.2) is 0 Å². The van der Waals surface area contributed by atoms with E-state index in [2.05, 4.69) is 38.2 Å². The number of halogens is 1. The van der Waals surface area contributed by atoms with Gasteiger partial charge in [0.05, 0.1) is 22.5 Å². The Labute approximate surface area is 221 Å². The van der Waals surface area contributed by atoms with Crippen molar-refractivity contribution >= 4 is 16.7 Å². The summed E-state index contributed by atoms with van der Waals surface area (Å²) in [5.41, 5.74) is 0.545. The molecule has 10 heteroatoms. The van der Waals surface area contributed by atoms with Gasteiger partial charge in [-0.1, -0.05) is 26.0 Å². The van der Waals surface area contributed by atoms with Gasteiger partial charge in [-0.15, -0.1) is 0 Å². The Morgan fingerprint density at radius 3 is 2.39 bits per heavy atom. The van der Waals surface area contributed by atoms with Gasteiger partial charge in [-0.05, 0) is 45.3 Å². The summed E-state index contributed by atoms with van der Waals surface area (Å²) in [6, 6.07) is 3.97. The molecule has 4 N–H and O–H groups in total. The summed E-state index contributed by atoms with van der Waals surface area (Å²) in [6.45, 7) is 11.9. The number of fused-ring (bicyclic) bond motifs is 1. The number of likely N-dealkylation sites (tertiary alicyclic amines) is 1.